The first-order valence-electron chi connectivity index (χ1n) is 1.79. The molecule has 0 bridgehead atoms. The largest absolute Gasteiger partial charge is 3.00 e. The molecule has 96 valence electrons. The summed E-state index contributed by atoms with van der Waals surface area (Å²) in [5.41, 5.74) is 4.71. The van der Waals surface area contributed by atoms with E-state index in [1.165, 1.54) is 0 Å². The molecule has 0 atom stereocenters. The molecule has 0 unspecified atom stereocenters. The zero-order valence-corrected chi connectivity index (χ0v) is 9.82. The maximum atomic E-state index is 10.1. The fourth-order valence-corrected chi connectivity index (χ4v) is 0.243. The van der Waals surface area contributed by atoms with Gasteiger partial charge in [0.25, 0.3) is 5.91 Å². The minimum atomic E-state index is -0.713. The number of hydrogen-bond donors (Lipinski definition) is 6. The fraction of sp³-hybridized carbons (Fsp3) is 0. The molecule has 0 spiro atoms. The van der Waals surface area contributed by atoms with Crippen LogP contribution in [-0.4, -0.2) is 21.3 Å². The number of nitrogens with zero attached hydrogens (tertiary/aromatic N) is 4. The van der Waals surface area contributed by atoms with Gasteiger partial charge < -0.3 is 54.0 Å². The first-order chi connectivity index (χ1) is 3.80. The van der Waals surface area contributed by atoms with Crippen molar-refractivity contribution in [1.82, 2.24) is 51.4 Å². The average Bonchev–Trinajstić information content (AvgIpc) is 2.12. The number of tetrazole rings is 1. The van der Waals surface area contributed by atoms with E-state index >= 15 is 0 Å². The average molecular weight is 292 g/mol. The van der Waals surface area contributed by atoms with E-state index in [0.29, 0.717) is 0 Å². The van der Waals surface area contributed by atoms with Crippen LogP contribution in [0.2, 0.25) is 0 Å². The predicted molar refractivity (Wildman–Crippen MR) is 46.8 cm³/mol. The quantitative estimate of drug-likeness (QED) is 0.289. The molecular formula is C2H17ClCoN10O+. The van der Waals surface area contributed by atoms with E-state index in [-0.39, 0.29) is 65.8 Å². The van der Waals surface area contributed by atoms with Gasteiger partial charge in [-0.15, -0.1) is 0 Å². The Kier molecular flexibility index (Phi) is 74.0. The molecule has 0 aliphatic rings. The number of hydrogen-bond acceptors (Lipinski definition) is 9. The molecule has 1 heterocycles. The van der Waals surface area contributed by atoms with Crippen molar-refractivity contribution in [2.24, 2.45) is 5.73 Å². The van der Waals surface area contributed by atoms with Crippen LogP contribution < -0.4 is 54.1 Å². The summed E-state index contributed by atoms with van der Waals surface area (Å²) in [6.45, 7) is 0. The van der Waals surface area contributed by atoms with Crippen molar-refractivity contribution >= 4 is 5.91 Å². The van der Waals surface area contributed by atoms with Crippen molar-refractivity contribution in [3.63, 3.8) is 0 Å². The topological polar surface area (TPSA) is 271 Å². The van der Waals surface area contributed by atoms with Crippen LogP contribution in [-0.2, 0) is 16.8 Å². The molecule has 0 aliphatic carbocycles. The molecule has 11 nitrogen and oxygen atoms in total. The molecule has 1 amide bonds. The summed E-state index contributed by atoms with van der Waals surface area (Å²) in [6, 6.07) is 0. The SMILES string of the molecule is N.N.N.N.N.NC(=O)c1nn[n-]n1.[Cl-].[Co+3]. The third-order valence-electron chi connectivity index (χ3n) is 0.539. The zero-order valence-electron chi connectivity index (χ0n) is 8.02. The number of carbonyl (C=O) groups excluding carboxylic acids is 1. The van der Waals surface area contributed by atoms with Gasteiger partial charge in [0.05, 0.1) is 0 Å². The second-order valence-corrected chi connectivity index (χ2v) is 1.07. The number of rotatable bonds is 1. The number of amides is 1. The number of aromatic nitrogens is 4. The van der Waals surface area contributed by atoms with E-state index in [1.54, 1.807) is 0 Å². The predicted octanol–water partition coefficient (Wildman–Crippen LogP) is -4.26. The molecule has 0 aromatic carbocycles. The van der Waals surface area contributed by atoms with Gasteiger partial charge in [0.2, 0.25) is 0 Å². The van der Waals surface area contributed by atoms with Gasteiger partial charge in [-0.25, -0.2) is 5.10 Å². The van der Waals surface area contributed by atoms with Crippen molar-refractivity contribution in [2.75, 3.05) is 0 Å². The summed E-state index contributed by atoms with van der Waals surface area (Å²) in [4.78, 5) is 10.1. The summed E-state index contributed by atoms with van der Waals surface area (Å²) < 4.78 is 0. The molecule has 1 aromatic heterocycles. The van der Waals surface area contributed by atoms with Crippen LogP contribution in [0, 0.1) is 0 Å². The second-order valence-electron chi connectivity index (χ2n) is 1.07. The van der Waals surface area contributed by atoms with Crippen LogP contribution in [0.1, 0.15) is 10.6 Å². The van der Waals surface area contributed by atoms with Gasteiger partial charge in [0.1, 0.15) is 5.82 Å². The molecule has 0 aliphatic heterocycles. The summed E-state index contributed by atoms with van der Waals surface area (Å²) in [5, 5.41) is 12.4. The molecule has 15 heavy (non-hydrogen) atoms. The van der Waals surface area contributed by atoms with Crippen molar-refractivity contribution < 1.29 is 34.0 Å². The Hall–Kier alpha value is -0.864. The first kappa shape index (κ1) is 47.9. The molecular weight excluding hydrogens is 274 g/mol. The van der Waals surface area contributed by atoms with Crippen LogP contribution in [0.3, 0.4) is 0 Å². The minimum absolute atomic E-state index is 0. The molecule has 17 N–H and O–H groups in total. The van der Waals surface area contributed by atoms with Gasteiger partial charge in [-0.05, 0) is 0 Å². The van der Waals surface area contributed by atoms with E-state index in [4.69, 9.17) is 5.73 Å². The van der Waals surface area contributed by atoms with E-state index in [1.807, 2.05) is 0 Å². The van der Waals surface area contributed by atoms with Gasteiger partial charge in [-0.3, -0.25) is 15.2 Å². The Morgan fingerprint density at radius 1 is 1.13 bits per heavy atom. The third kappa shape index (κ3) is 15.9. The summed E-state index contributed by atoms with van der Waals surface area (Å²) in [7, 11) is 0. The number of nitrogens with two attached hydrogens (primary N) is 1. The van der Waals surface area contributed by atoms with Crippen LogP contribution in [0.25, 0.3) is 0 Å². The molecule has 1 aromatic rings. The maximum absolute atomic E-state index is 10.1. The standard InChI is InChI=1S/C2H3N5O.ClH.Co.5H3N/c3-1(8)2-4-6-7-5-2;;;;;;;/h(H3,3,4,5,6,7,8);1H;;5*1H3/q;;+3;;;;;/p-2. The van der Waals surface area contributed by atoms with E-state index in [0.717, 1.165) is 0 Å². The van der Waals surface area contributed by atoms with Crippen molar-refractivity contribution in [1.29, 1.82) is 0 Å². The number of carbonyl (C=O) groups is 1. The van der Waals surface area contributed by atoms with Crippen molar-refractivity contribution in [2.45, 2.75) is 0 Å². The zero-order chi connectivity index (χ0) is 5.98. The van der Waals surface area contributed by atoms with E-state index < -0.39 is 5.91 Å². The van der Waals surface area contributed by atoms with Crippen LogP contribution in [0.15, 0.2) is 0 Å². The Balaban J connectivity index is -0.0000000183. The Morgan fingerprint density at radius 3 is 1.67 bits per heavy atom. The van der Waals surface area contributed by atoms with Crippen molar-refractivity contribution in [3.05, 3.63) is 5.82 Å². The molecule has 0 radical (unpaired) electrons. The van der Waals surface area contributed by atoms with Crippen LogP contribution in [0.4, 0.5) is 0 Å². The van der Waals surface area contributed by atoms with Gasteiger partial charge >= 0.3 is 16.8 Å². The Labute approximate surface area is 103 Å². The van der Waals surface area contributed by atoms with Crippen LogP contribution in [0.5, 0.6) is 0 Å². The number of primary amides is 1. The second kappa shape index (κ2) is 23.2. The maximum Gasteiger partial charge on any atom is 3.00 e. The molecule has 0 saturated carbocycles. The van der Waals surface area contributed by atoms with Gasteiger partial charge in [0, 0.05) is 0 Å². The normalized spacial score (nSPS) is 4.80. The smallest absolute Gasteiger partial charge is 1.00 e. The van der Waals surface area contributed by atoms with Gasteiger partial charge in [-0.1, -0.05) is 0 Å². The fourth-order valence-electron chi connectivity index (χ4n) is 0.243. The monoisotopic (exact) mass is 291 g/mol. The van der Waals surface area contributed by atoms with Crippen LogP contribution >= 0.6 is 0 Å². The van der Waals surface area contributed by atoms with Crippen molar-refractivity contribution in [3.8, 4) is 0 Å². The van der Waals surface area contributed by atoms with Gasteiger partial charge in [0.15, 0.2) is 0 Å². The molecule has 1 rings (SSSR count). The third-order valence-corrected chi connectivity index (χ3v) is 0.539. The minimum Gasteiger partial charge on any atom is -1.00 e. The Morgan fingerprint density at radius 2 is 1.53 bits per heavy atom. The molecule has 0 fully saturated rings. The van der Waals surface area contributed by atoms with E-state index in [2.05, 4.69) is 20.6 Å². The molecule has 13 heteroatoms. The first-order valence-corrected chi connectivity index (χ1v) is 1.79. The van der Waals surface area contributed by atoms with E-state index in [9.17, 15) is 4.79 Å². The molecule has 0 saturated heterocycles. The Bertz CT molecular complexity index is 191. The summed E-state index contributed by atoms with van der Waals surface area (Å²) in [6.07, 6.45) is 0. The summed E-state index contributed by atoms with van der Waals surface area (Å²) >= 11 is 0. The summed E-state index contributed by atoms with van der Waals surface area (Å²) in [5.74, 6) is -0.861. The van der Waals surface area contributed by atoms with Gasteiger partial charge in [-0.2, -0.15) is 0 Å². The number of halogens is 1.